The first-order valence-corrected chi connectivity index (χ1v) is 11.2. The van der Waals surface area contributed by atoms with Gasteiger partial charge in [-0.2, -0.15) is 0 Å². The minimum absolute atomic E-state index is 0.0468. The molecule has 3 aromatic carbocycles. The molecule has 31 heavy (non-hydrogen) atoms. The highest BCUT2D eigenvalue weighted by Gasteiger charge is 2.27. The van der Waals surface area contributed by atoms with Gasteiger partial charge in [-0.3, -0.25) is 14.6 Å². The molecule has 6 heteroatoms. The van der Waals surface area contributed by atoms with Gasteiger partial charge in [0.2, 0.25) is 5.91 Å². The van der Waals surface area contributed by atoms with Gasteiger partial charge in [0, 0.05) is 31.9 Å². The van der Waals surface area contributed by atoms with E-state index in [0.29, 0.717) is 22.3 Å². The van der Waals surface area contributed by atoms with E-state index in [9.17, 15) is 4.79 Å². The summed E-state index contributed by atoms with van der Waals surface area (Å²) in [5.41, 5.74) is 3.24. The molecule has 1 aliphatic rings. The van der Waals surface area contributed by atoms with Crippen LogP contribution in [-0.2, 0) is 4.79 Å². The average molecular weight is 454 g/mol. The SMILES string of the molecule is O=C(CN1CCN(C(c2ccccc2)c2ccccc2)CC1)Nc1ccc(Cl)c(Cl)c1. The molecular weight excluding hydrogens is 429 g/mol. The first kappa shape index (κ1) is 21.8. The minimum Gasteiger partial charge on any atom is -0.325 e. The summed E-state index contributed by atoms with van der Waals surface area (Å²) in [6.45, 7) is 3.83. The number of amides is 1. The molecule has 1 heterocycles. The Morgan fingerprint density at radius 1 is 0.806 bits per heavy atom. The van der Waals surface area contributed by atoms with E-state index in [1.54, 1.807) is 18.2 Å². The molecule has 1 saturated heterocycles. The zero-order valence-electron chi connectivity index (χ0n) is 17.2. The van der Waals surface area contributed by atoms with Gasteiger partial charge in [-0.25, -0.2) is 0 Å². The Labute approximate surface area is 193 Å². The van der Waals surface area contributed by atoms with Crippen LogP contribution in [0.2, 0.25) is 10.0 Å². The summed E-state index contributed by atoms with van der Waals surface area (Å²) in [6.07, 6.45) is 0. The Bertz CT molecular complexity index is 966. The number of anilines is 1. The van der Waals surface area contributed by atoms with Gasteiger partial charge in [-0.1, -0.05) is 83.9 Å². The number of nitrogens with one attached hydrogen (secondary N) is 1. The van der Waals surface area contributed by atoms with Gasteiger partial charge in [0.1, 0.15) is 0 Å². The standard InChI is InChI=1S/C25H25Cl2N3O/c26-22-12-11-21(17-23(22)27)28-24(31)18-29-13-15-30(16-14-29)25(19-7-3-1-4-8-19)20-9-5-2-6-10-20/h1-12,17,25H,13-16,18H2,(H,28,31). The number of benzene rings is 3. The molecule has 0 saturated carbocycles. The van der Waals surface area contributed by atoms with E-state index in [1.807, 2.05) is 0 Å². The van der Waals surface area contributed by atoms with Crippen LogP contribution < -0.4 is 5.32 Å². The van der Waals surface area contributed by atoms with E-state index in [4.69, 9.17) is 23.2 Å². The van der Waals surface area contributed by atoms with Crippen molar-refractivity contribution >= 4 is 34.8 Å². The molecule has 0 aromatic heterocycles. The van der Waals surface area contributed by atoms with Crippen molar-refractivity contribution in [3.63, 3.8) is 0 Å². The lowest BCUT2D eigenvalue weighted by atomic mass is 9.96. The minimum atomic E-state index is -0.0468. The third-order valence-corrected chi connectivity index (χ3v) is 6.31. The number of carbonyl (C=O) groups is 1. The van der Waals surface area contributed by atoms with Crippen LogP contribution in [0.3, 0.4) is 0 Å². The van der Waals surface area contributed by atoms with Crippen molar-refractivity contribution < 1.29 is 4.79 Å². The van der Waals surface area contributed by atoms with Gasteiger partial charge in [0.05, 0.1) is 22.6 Å². The molecular formula is C25H25Cl2N3O. The predicted octanol–water partition coefficient (Wildman–Crippen LogP) is 5.34. The van der Waals surface area contributed by atoms with E-state index in [-0.39, 0.29) is 11.9 Å². The third-order valence-electron chi connectivity index (χ3n) is 5.57. The summed E-state index contributed by atoms with van der Waals surface area (Å²) in [7, 11) is 0. The lowest BCUT2D eigenvalue weighted by molar-refractivity contribution is -0.117. The topological polar surface area (TPSA) is 35.6 Å². The Balaban J connectivity index is 1.37. The first-order valence-electron chi connectivity index (χ1n) is 10.4. The number of piperazine rings is 1. The van der Waals surface area contributed by atoms with Crippen molar-refractivity contribution in [2.24, 2.45) is 0 Å². The lowest BCUT2D eigenvalue weighted by Gasteiger charge is -2.39. The predicted molar refractivity (Wildman–Crippen MR) is 128 cm³/mol. The molecule has 160 valence electrons. The molecule has 0 radical (unpaired) electrons. The molecule has 1 fully saturated rings. The van der Waals surface area contributed by atoms with Crippen LogP contribution in [0.4, 0.5) is 5.69 Å². The molecule has 0 unspecified atom stereocenters. The van der Waals surface area contributed by atoms with Crippen LogP contribution in [0.1, 0.15) is 17.2 Å². The fourth-order valence-electron chi connectivity index (χ4n) is 4.04. The molecule has 4 nitrogen and oxygen atoms in total. The average Bonchev–Trinajstić information content (AvgIpc) is 2.79. The van der Waals surface area contributed by atoms with Crippen molar-refractivity contribution in [2.45, 2.75) is 6.04 Å². The number of rotatable bonds is 6. The van der Waals surface area contributed by atoms with Gasteiger partial charge < -0.3 is 5.32 Å². The maximum atomic E-state index is 12.5. The second kappa shape index (κ2) is 10.3. The van der Waals surface area contributed by atoms with Crippen molar-refractivity contribution in [1.29, 1.82) is 0 Å². The quantitative estimate of drug-likeness (QED) is 0.546. The molecule has 4 rings (SSSR count). The number of carbonyl (C=O) groups excluding carboxylic acids is 1. The highest BCUT2D eigenvalue weighted by molar-refractivity contribution is 6.42. The number of nitrogens with zero attached hydrogens (tertiary/aromatic N) is 2. The molecule has 3 aromatic rings. The van der Waals surface area contributed by atoms with Crippen LogP contribution in [0.25, 0.3) is 0 Å². The highest BCUT2D eigenvalue weighted by atomic mass is 35.5. The lowest BCUT2D eigenvalue weighted by Crippen LogP contribution is -2.49. The maximum Gasteiger partial charge on any atom is 0.238 e. The Kier molecular flexibility index (Phi) is 7.25. The Hall–Kier alpha value is -2.37. The fourth-order valence-corrected chi connectivity index (χ4v) is 4.34. The number of hydrogen-bond acceptors (Lipinski definition) is 3. The van der Waals surface area contributed by atoms with Crippen molar-refractivity contribution in [3.8, 4) is 0 Å². The fraction of sp³-hybridized carbons (Fsp3) is 0.240. The van der Waals surface area contributed by atoms with Crippen LogP contribution in [-0.4, -0.2) is 48.4 Å². The highest BCUT2D eigenvalue weighted by Crippen LogP contribution is 2.29. The molecule has 1 aliphatic heterocycles. The van der Waals surface area contributed by atoms with Gasteiger partial charge in [0.15, 0.2) is 0 Å². The normalized spacial score (nSPS) is 15.2. The van der Waals surface area contributed by atoms with E-state index >= 15 is 0 Å². The largest absolute Gasteiger partial charge is 0.325 e. The Morgan fingerprint density at radius 3 is 1.94 bits per heavy atom. The van der Waals surface area contributed by atoms with E-state index in [1.165, 1.54) is 11.1 Å². The second-order valence-electron chi connectivity index (χ2n) is 7.71. The molecule has 0 aliphatic carbocycles. The molecule has 1 N–H and O–H groups in total. The zero-order valence-corrected chi connectivity index (χ0v) is 18.7. The van der Waals surface area contributed by atoms with E-state index < -0.39 is 0 Å². The van der Waals surface area contributed by atoms with Crippen LogP contribution in [0.5, 0.6) is 0 Å². The summed E-state index contributed by atoms with van der Waals surface area (Å²) in [4.78, 5) is 17.2. The number of halogens is 2. The third kappa shape index (κ3) is 5.66. The summed E-state index contributed by atoms with van der Waals surface area (Å²) < 4.78 is 0. The molecule has 0 atom stereocenters. The second-order valence-corrected chi connectivity index (χ2v) is 8.53. The summed E-state index contributed by atoms with van der Waals surface area (Å²) in [6, 6.07) is 26.6. The van der Waals surface area contributed by atoms with Crippen molar-refractivity contribution in [2.75, 3.05) is 38.0 Å². The zero-order chi connectivity index (χ0) is 21.6. The number of hydrogen-bond donors (Lipinski definition) is 1. The van der Waals surface area contributed by atoms with Gasteiger partial charge >= 0.3 is 0 Å². The van der Waals surface area contributed by atoms with Gasteiger partial charge in [-0.15, -0.1) is 0 Å². The van der Waals surface area contributed by atoms with Crippen molar-refractivity contribution in [3.05, 3.63) is 100 Å². The molecule has 1 amide bonds. The van der Waals surface area contributed by atoms with Gasteiger partial charge in [-0.05, 0) is 29.3 Å². The smallest absolute Gasteiger partial charge is 0.238 e. The molecule has 0 bridgehead atoms. The van der Waals surface area contributed by atoms with Crippen LogP contribution in [0, 0.1) is 0 Å². The summed E-state index contributed by atoms with van der Waals surface area (Å²) in [5, 5.41) is 3.81. The summed E-state index contributed by atoms with van der Waals surface area (Å²) >= 11 is 12.0. The van der Waals surface area contributed by atoms with Gasteiger partial charge in [0.25, 0.3) is 0 Å². The van der Waals surface area contributed by atoms with Crippen LogP contribution >= 0.6 is 23.2 Å². The maximum absolute atomic E-state index is 12.5. The molecule has 0 spiro atoms. The Morgan fingerprint density at radius 2 is 1.39 bits per heavy atom. The monoisotopic (exact) mass is 453 g/mol. The van der Waals surface area contributed by atoms with Crippen molar-refractivity contribution in [1.82, 2.24) is 9.80 Å². The van der Waals surface area contributed by atoms with Crippen LogP contribution in [0.15, 0.2) is 78.9 Å². The van der Waals surface area contributed by atoms with E-state index in [2.05, 4.69) is 75.8 Å². The summed E-state index contributed by atoms with van der Waals surface area (Å²) in [5.74, 6) is -0.0468. The first-order chi connectivity index (χ1) is 15.1. The van der Waals surface area contributed by atoms with E-state index in [0.717, 1.165) is 26.2 Å².